The highest BCUT2D eigenvalue weighted by Crippen LogP contribution is 2.55. The second kappa shape index (κ2) is 6.25. The number of rotatable bonds is 7. The first-order valence-corrected chi connectivity index (χ1v) is 10.3. The molecule has 4 bridgehead atoms. The van der Waals surface area contributed by atoms with Gasteiger partial charge < -0.3 is 15.2 Å². The van der Waals surface area contributed by atoms with E-state index < -0.39 is 0 Å². The molecule has 6 heteroatoms. The number of aliphatic hydroxyl groups is 1. The van der Waals surface area contributed by atoms with Crippen LogP contribution in [0.1, 0.15) is 61.7 Å². The second-order valence-electron chi connectivity index (χ2n) is 9.22. The number of carbonyl (C=O) groups excluding carboxylic acids is 1. The minimum absolute atomic E-state index is 0.0152. The van der Waals surface area contributed by atoms with Crippen LogP contribution in [0.15, 0.2) is 6.20 Å². The third kappa shape index (κ3) is 3.02. The summed E-state index contributed by atoms with van der Waals surface area (Å²) in [7, 11) is 0. The van der Waals surface area contributed by atoms with Crippen LogP contribution in [0, 0.1) is 23.7 Å². The number of carbonyl (C=O) groups is 1. The van der Waals surface area contributed by atoms with Gasteiger partial charge in [-0.05, 0) is 75.0 Å². The molecule has 5 fully saturated rings. The van der Waals surface area contributed by atoms with Gasteiger partial charge in [0.1, 0.15) is 5.56 Å². The molecule has 5 saturated carbocycles. The Bertz CT molecular complexity index is 659. The van der Waals surface area contributed by atoms with Gasteiger partial charge in [0.2, 0.25) is 5.88 Å². The van der Waals surface area contributed by atoms with E-state index in [1.807, 2.05) is 0 Å². The number of hydrogen-bond acceptors (Lipinski definition) is 4. The van der Waals surface area contributed by atoms with Crippen LogP contribution in [-0.2, 0) is 6.54 Å². The maximum absolute atomic E-state index is 13.1. The number of nitrogens with one attached hydrogen (secondary N) is 1. The van der Waals surface area contributed by atoms with Crippen LogP contribution >= 0.6 is 0 Å². The summed E-state index contributed by atoms with van der Waals surface area (Å²) in [4.78, 5) is 13.1. The molecule has 1 aromatic heterocycles. The zero-order chi connectivity index (χ0) is 17.7. The van der Waals surface area contributed by atoms with Gasteiger partial charge >= 0.3 is 0 Å². The molecule has 0 saturated heterocycles. The van der Waals surface area contributed by atoms with E-state index in [0.717, 1.165) is 37.0 Å². The van der Waals surface area contributed by atoms with Crippen molar-refractivity contribution in [1.29, 1.82) is 0 Å². The quantitative estimate of drug-likeness (QED) is 0.784. The van der Waals surface area contributed by atoms with Gasteiger partial charge in [-0.25, -0.2) is 4.68 Å². The predicted octanol–water partition coefficient (Wildman–Crippen LogP) is 2.36. The third-order valence-corrected chi connectivity index (χ3v) is 6.92. The Morgan fingerprint density at radius 2 is 1.88 bits per heavy atom. The molecule has 6 rings (SSSR count). The van der Waals surface area contributed by atoms with E-state index in [9.17, 15) is 9.90 Å². The normalized spacial score (nSPS) is 34.9. The molecule has 5 aliphatic rings. The second-order valence-corrected chi connectivity index (χ2v) is 9.22. The summed E-state index contributed by atoms with van der Waals surface area (Å²) >= 11 is 0. The van der Waals surface area contributed by atoms with Gasteiger partial charge in [0.05, 0.1) is 26.0 Å². The molecular weight excluding hydrogens is 330 g/mol. The summed E-state index contributed by atoms with van der Waals surface area (Å²) < 4.78 is 7.58. The molecule has 1 aromatic rings. The van der Waals surface area contributed by atoms with Crippen molar-refractivity contribution < 1.29 is 14.6 Å². The summed E-state index contributed by atoms with van der Waals surface area (Å²) in [5, 5.41) is 17.0. The Balaban J connectivity index is 1.34. The van der Waals surface area contributed by atoms with Crippen LogP contribution in [0.2, 0.25) is 0 Å². The molecule has 1 amide bonds. The predicted molar refractivity (Wildman–Crippen MR) is 95.9 cm³/mol. The molecular formula is C20H29N3O3. The number of aromatic nitrogens is 2. The molecule has 0 spiro atoms. The molecule has 0 radical (unpaired) electrons. The van der Waals surface area contributed by atoms with E-state index in [4.69, 9.17) is 4.74 Å². The SMILES string of the molecule is O=C(NC12CC3CC(CC(C3)C1)C2)c1cnn(CCO)c1OCC1CC1. The van der Waals surface area contributed by atoms with Crippen LogP contribution in [0.4, 0.5) is 0 Å². The lowest BCUT2D eigenvalue weighted by molar-refractivity contribution is -0.0167. The van der Waals surface area contributed by atoms with Crippen LogP contribution < -0.4 is 10.1 Å². The van der Waals surface area contributed by atoms with E-state index in [1.165, 1.54) is 32.1 Å². The number of nitrogens with zero attached hydrogens (tertiary/aromatic N) is 2. The van der Waals surface area contributed by atoms with Gasteiger partial charge in [-0.2, -0.15) is 5.10 Å². The lowest BCUT2D eigenvalue weighted by Crippen LogP contribution is -2.59. The standard InChI is InChI=1S/C20H29N3O3/c24-4-3-23-19(26-12-13-1-2-13)17(11-21-23)18(25)22-20-8-14-5-15(9-20)7-16(6-14)10-20/h11,13-16,24H,1-10,12H2,(H,22,25). The summed E-state index contributed by atoms with van der Waals surface area (Å²) in [5.41, 5.74) is 0.508. The Morgan fingerprint density at radius 3 is 2.46 bits per heavy atom. The first-order valence-electron chi connectivity index (χ1n) is 10.3. The van der Waals surface area contributed by atoms with E-state index in [2.05, 4.69) is 10.4 Å². The van der Waals surface area contributed by atoms with Crippen molar-refractivity contribution in [2.75, 3.05) is 13.2 Å². The Morgan fingerprint density at radius 1 is 1.23 bits per heavy atom. The fraction of sp³-hybridized carbons (Fsp3) is 0.800. The van der Waals surface area contributed by atoms with Crippen LogP contribution in [0.25, 0.3) is 0 Å². The summed E-state index contributed by atoms with van der Waals surface area (Å²) in [6, 6.07) is 0. The number of hydrogen-bond donors (Lipinski definition) is 2. The van der Waals surface area contributed by atoms with Crippen molar-refractivity contribution in [3.63, 3.8) is 0 Å². The minimum Gasteiger partial charge on any atom is -0.477 e. The lowest BCUT2D eigenvalue weighted by Gasteiger charge is -2.56. The Hall–Kier alpha value is -1.56. The minimum atomic E-state index is -0.0538. The van der Waals surface area contributed by atoms with E-state index in [0.29, 0.717) is 30.5 Å². The molecule has 2 N–H and O–H groups in total. The van der Waals surface area contributed by atoms with E-state index in [-0.39, 0.29) is 18.1 Å². The Kier molecular flexibility index (Phi) is 3.99. The van der Waals surface area contributed by atoms with E-state index >= 15 is 0 Å². The van der Waals surface area contributed by atoms with Crippen molar-refractivity contribution in [3.05, 3.63) is 11.8 Å². The fourth-order valence-electron chi connectivity index (χ4n) is 5.99. The molecule has 1 heterocycles. The van der Waals surface area contributed by atoms with Gasteiger partial charge in [0.15, 0.2) is 0 Å². The molecule has 0 aromatic carbocycles. The van der Waals surface area contributed by atoms with Gasteiger partial charge in [0.25, 0.3) is 5.91 Å². The monoisotopic (exact) mass is 359 g/mol. The average molecular weight is 359 g/mol. The van der Waals surface area contributed by atoms with Crippen molar-refractivity contribution in [2.24, 2.45) is 23.7 Å². The third-order valence-electron chi connectivity index (χ3n) is 6.92. The summed E-state index contributed by atoms with van der Waals surface area (Å²) in [6.07, 6.45) is 11.5. The zero-order valence-corrected chi connectivity index (χ0v) is 15.3. The molecule has 142 valence electrons. The first-order chi connectivity index (χ1) is 12.6. The largest absolute Gasteiger partial charge is 0.477 e. The van der Waals surface area contributed by atoms with Crippen molar-refractivity contribution in [2.45, 2.75) is 63.5 Å². The maximum atomic E-state index is 13.1. The fourth-order valence-corrected chi connectivity index (χ4v) is 5.99. The number of ether oxygens (including phenoxy) is 1. The maximum Gasteiger partial charge on any atom is 0.258 e. The van der Waals surface area contributed by atoms with Gasteiger partial charge in [-0.15, -0.1) is 0 Å². The molecule has 0 aliphatic heterocycles. The lowest BCUT2D eigenvalue weighted by atomic mass is 9.53. The molecule has 0 atom stereocenters. The van der Waals surface area contributed by atoms with Crippen LogP contribution in [0.5, 0.6) is 5.88 Å². The van der Waals surface area contributed by atoms with Crippen molar-refractivity contribution >= 4 is 5.91 Å². The molecule has 26 heavy (non-hydrogen) atoms. The average Bonchev–Trinajstić information content (AvgIpc) is 3.32. The van der Waals surface area contributed by atoms with Crippen molar-refractivity contribution in [1.82, 2.24) is 15.1 Å². The topological polar surface area (TPSA) is 76.4 Å². The van der Waals surface area contributed by atoms with Crippen LogP contribution in [0.3, 0.4) is 0 Å². The highest BCUT2D eigenvalue weighted by molar-refractivity contribution is 5.96. The first kappa shape index (κ1) is 16.6. The molecule has 5 aliphatic carbocycles. The zero-order valence-electron chi connectivity index (χ0n) is 15.3. The molecule has 0 unspecified atom stereocenters. The smallest absolute Gasteiger partial charge is 0.258 e. The highest BCUT2D eigenvalue weighted by atomic mass is 16.5. The van der Waals surface area contributed by atoms with Gasteiger partial charge in [-0.3, -0.25) is 4.79 Å². The van der Waals surface area contributed by atoms with Gasteiger partial charge in [-0.1, -0.05) is 0 Å². The number of aliphatic hydroxyl groups excluding tert-OH is 1. The van der Waals surface area contributed by atoms with Crippen LogP contribution in [-0.4, -0.2) is 39.5 Å². The van der Waals surface area contributed by atoms with Gasteiger partial charge in [0, 0.05) is 5.54 Å². The summed E-state index contributed by atoms with van der Waals surface area (Å²) in [6.45, 7) is 0.969. The highest BCUT2D eigenvalue weighted by Gasteiger charge is 2.51. The summed E-state index contributed by atoms with van der Waals surface area (Å²) in [5.74, 6) is 3.46. The number of amides is 1. The van der Waals surface area contributed by atoms with E-state index in [1.54, 1.807) is 10.9 Å². The Labute approximate surface area is 154 Å². The van der Waals surface area contributed by atoms with Crippen molar-refractivity contribution in [3.8, 4) is 5.88 Å². The molecule has 6 nitrogen and oxygen atoms in total.